The summed E-state index contributed by atoms with van der Waals surface area (Å²) in [6.07, 6.45) is 0. The summed E-state index contributed by atoms with van der Waals surface area (Å²) in [5.41, 5.74) is 0.166. The molecule has 0 saturated heterocycles. The molecule has 2 aromatic rings. The zero-order valence-corrected chi connectivity index (χ0v) is 12.1. The van der Waals surface area contributed by atoms with E-state index in [1.165, 1.54) is 0 Å². The summed E-state index contributed by atoms with van der Waals surface area (Å²) in [4.78, 5) is 0. The Kier molecular flexibility index (Phi) is 4.34. The Labute approximate surface area is 124 Å². The average molecular weight is 287 g/mol. The molecule has 0 fully saturated rings. The molecule has 2 nitrogen and oxygen atoms in total. The zero-order valence-electron chi connectivity index (χ0n) is 11.4. The maximum atomic E-state index is 10.4. The van der Waals surface area contributed by atoms with E-state index in [2.05, 4.69) is 11.8 Å². The van der Waals surface area contributed by atoms with Gasteiger partial charge in [0.05, 0.1) is 12.7 Å². The summed E-state index contributed by atoms with van der Waals surface area (Å²) in [5, 5.41) is 11.0. The molecule has 3 heteroatoms. The number of benzene rings is 2. The first-order valence-electron chi connectivity index (χ1n) is 6.17. The van der Waals surface area contributed by atoms with E-state index in [9.17, 15) is 5.11 Å². The smallest absolute Gasteiger partial charge is 0.148 e. The van der Waals surface area contributed by atoms with Crippen LogP contribution in [-0.4, -0.2) is 12.2 Å². The maximum Gasteiger partial charge on any atom is 0.148 e. The molecule has 2 aromatic carbocycles. The number of halogens is 1. The van der Waals surface area contributed by atoms with Gasteiger partial charge >= 0.3 is 0 Å². The Morgan fingerprint density at radius 1 is 1.15 bits per heavy atom. The van der Waals surface area contributed by atoms with Gasteiger partial charge in [0.25, 0.3) is 0 Å². The van der Waals surface area contributed by atoms with E-state index in [-0.39, 0.29) is 0 Å². The Morgan fingerprint density at radius 3 is 2.50 bits per heavy atom. The largest absolute Gasteiger partial charge is 0.495 e. The van der Waals surface area contributed by atoms with Crippen molar-refractivity contribution in [2.24, 2.45) is 0 Å². The van der Waals surface area contributed by atoms with Gasteiger partial charge in [0, 0.05) is 5.02 Å². The highest BCUT2D eigenvalue weighted by Crippen LogP contribution is 2.23. The first-order valence-corrected chi connectivity index (χ1v) is 6.55. The first kappa shape index (κ1) is 14.5. The maximum absolute atomic E-state index is 10.4. The third-order valence-electron chi connectivity index (χ3n) is 2.94. The van der Waals surface area contributed by atoms with Crippen molar-refractivity contribution in [2.75, 3.05) is 7.11 Å². The molecule has 0 aliphatic carbocycles. The lowest BCUT2D eigenvalue weighted by Gasteiger charge is -2.16. The van der Waals surface area contributed by atoms with Gasteiger partial charge in [-0.05, 0) is 30.7 Å². The van der Waals surface area contributed by atoms with Crippen molar-refractivity contribution in [1.82, 2.24) is 0 Å². The van der Waals surface area contributed by atoms with Crippen LogP contribution in [0.2, 0.25) is 5.02 Å². The summed E-state index contributed by atoms with van der Waals surface area (Å²) in [6, 6.07) is 14.5. The lowest BCUT2D eigenvalue weighted by Crippen LogP contribution is -2.18. The van der Waals surface area contributed by atoms with Gasteiger partial charge in [0.15, 0.2) is 0 Å². The molecule has 102 valence electrons. The van der Waals surface area contributed by atoms with Crippen molar-refractivity contribution < 1.29 is 9.84 Å². The van der Waals surface area contributed by atoms with E-state index in [4.69, 9.17) is 16.3 Å². The summed E-state index contributed by atoms with van der Waals surface area (Å²) in [5.74, 6) is 6.43. The second kappa shape index (κ2) is 6.00. The van der Waals surface area contributed by atoms with Crippen LogP contribution in [0.25, 0.3) is 0 Å². The fourth-order valence-electron chi connectivity index (χ4n) is 1.80. The highest BCUT2D eigenvalue weighted by Gasteiger charge is 2.19. The third-order valence-corrected chi connectivity index (χ3v) is 3.17. The van der Waals surface area contributed by atoms with Crippen LogP contribution in [0.4, 0.5) is 0 Å². The van der Waals surface area contributed by atoms with Crippen LogP contribution < -0.4 is 4.74 Å². The molecule has 2 rings (SSSR count). The Morgan fingerprint density at radius 2 is 1.85 bits per heavy atom. The SMILES string of the molecule is COc1ccc(Cl)cc1C#CC(C)(O)c1ccccc1. The average Bonchev–Trinajstić information content (AvgIpc) is 2.46. The van der Waals surface area contributed by atoms with Gasteiger partial charge in [-0.2, -0.15) is 0 Å². The van der Waals surface area contributed by atoms with Crippen LogP contribution >= 0.6 is 11.6 Å². The third kappa shape index (κ3) is 3.33. The van der Waals surface area contributed by atoms with Gasteiger partial charge in [-0.3, -0.25) is 0 Å². The predicted molar refractivity (Wildman–Crippen MR) is 80.9 cm³/mol. The molecule has 0 saturated carbocycles. The van der Waals surface area contributed by atoms with Gasteiger partial charge in [-0.25, -0.2) is 0 Å². The lowest BCUT2D eigenvalue weighted by molar-refractivity contribution is 0.122. The predicted octanol–water partition coefficient (Wildman–Crippen LogP) is 3.61. The Bertz CT molecular complexity index is 652. The van der Waals surface area contributed by atoms with Crippen LogP contribution in [0.3, 0.4) is 0 Å². The van der Waals surface area contributed by atoms with Crippen molar-refractivity contribution >= 4 is 11.6 Å². The molecule has 1 unspecified atom stereocenters. The minimum Gasteiger partial charge on any atom is -0.495 e. The minimum absolute atomic E-state index is 0.578. The van der Waals surface area contributed by atoms with Crippen LogP contribution in [-0.2, 0) is 5.60 Å². The number of rotatable bonds is 2. The number of hydrogen-bond acceptors (Lipinski definition) is 2. The van der Waals surface area contributed by atoms with Crippen molar-refractivity contribution in [3.05, 3.63) is 64.7 Å². The standard InChI is InChI=1S/C17H15ClO2/c1-17(19,14-6-4-3-5-7-14)11-10-13-12-15(18)8-9-16(13)20-2/h3-9,12,19H,1-2H3. The molecular weight excluding hydrogens is 272 g/mol. The number of aliphatic hydroxyl groups is 1. The molecule has 0 heterocycles. The highest BCUT2D eigenvalue weighted by atomic mass is 35.5. The van der Waals surface area contributed by atoms with Gasteiger partial charge < -0.3 is 9.84 Å². The van der Waals surface area contributed by atoms with Crippen molar-refractivity contribution in [3.8, 4) is 17.6 Å². The highest BCUT2D eigenvalue weighted by molar-refractivity contribution is 6.30. The van der Waals surface area contributed by atoms with E-state index in [1.807, 2.05) is 30.3 Å². The van der Waals surface area contributed by atoms with Crippen molar-refractivity contribution in [1.29, 1.82) is 0 Å². The fourth-order valence-corrected chi connectivity index (χ4v) is 1.97. The second-order valence-electron chi connectivity index (χ2n) is 4.53. The molecular formula is C17H15ClO2. The molecule has 0 aliphatic heterocycles. The summed E-state index contributed by atoms with van der Waals surface area (Å²) < 4.78 is 5.23. The molecule has 0 aromatic heterocycles. The molecule has 0 bridgehead atoms. The van der Waals surface area contributed by atoms with Crippen LogP contribution in [0.1, 0.15) is 18.1 Å². The van der Waals surface area contributed by atoms with E-state index in [1.54, 1.807) is 32.2 Å². The van der Waals surface area contributed by atoms with E-state index in [0.717, 1.165) is 5.56 Å². The molecule has 1 atom stereocenters. The number of hydrogen-bond donors (Lipinski definition) is 1. The van der Waals surface area contributed by atoms with Crippen LogP contribution in [0.15, 0.2) is 48.5 Å². The number of methoxy groups -OCH3 is 1. The lowest BCUT2D eigenvalue weighted by atomic mass is 9.96. The quantitative estimate of drug-likeness (QED) is 0.855. The van der Waals surface area contributed by atoms with Crippen LogP contribution in [0, 0.1) is 11.8 Å². The van der Waals surface area contributed by atoms with Gasteiger partial charge in [0.1, 0.15) is 11.4 Å². The summed E-state index contributed by atoms with van der Waals surface area (Å²) in [7, 11) is 1.57. The summed E-state index contributed by atoms with van der Waals surface area (Å²) >= 11 is 5.95. The van der Waals surface area contributed by atoms with Crippen LogP contribution in [0.5, 0.6) is 5.75 Å². The van der Waals surface area contributed by atoms with E-state index in [0.29, 0.717) is 16.3 Å². The second-order valence-corrected chi connectivity index (χ2v) is 4.97. The summed E-state index contributed by atoms with van der Waals surface area (Å²) in [6.45, 7) is 1.66. The molecule has 0 radical (unpaired) electrons. The fraction of sp³-hybridized carbons (Fsp3) is 0.176. The molecule has 20 heavy (non-hydrogen) atoms. The monoisotopic (exact) mass is 286 g/mol. The minimum atomic E-state index is -1.23. The first-order chi connectivity index (χ1) is 9.53. The zero-order chi connectivity index (χ0) is 14.6. The van der Waals surface area contributed by atoms with Crippen molar-refractivity contribution in [3.63, 3.8) is 0 Å². The van der Waals surface area contributed by atoms with Crippen molar-refractivity contribution in [2.45, 2.75) is 12.5 Å². The van der Waals surface area contributed by atoms with Gasteiger partial charge in [-0.1, -0.05) is 53.8 Å². The van der Waals surface area contributed by atoms with Gasteiger partial charge in [-0.15, -0.1) is 0 Å². The van der Waals surface area contributed by atoms with Gasteiger partial charge in [0.2, 0.25) is 0 Å². The van der Waals surface area contributed by atoms with E-state index < -0.39 is 5.60 Å². The van der Waals surface area contributed by atoms with E-state index >= 15 is 0 Å². The molecule has 0 amide bonds. The number of ether oxygens (including phenoxy) is 1. The molecule has 0 spiro atoms. The normalized spacial score (nSPS) is 13.0. The Balaban J connectivity index is 2.38. The Hall–Kier alpha value is -1.95. The molecule has 1 N–H and O–H groups in total. The molecule has 0 aliphatic rings. The topological polar surface area (TPSA) is 29.5 Å².